The van der Waals surface area contributed by atoms with Crippen LogP contribution in [0.1, 0.15) is 31.5 Å². The molecule has 1 fully saturated rings. The highest BCUT2D eigenvalue weighted by Crippen LogP contribution is 2.24. The summed E-state index contributed by atoms with van der Waals surface area (Å²) in [5.41, 5.74) is -0.0454. The topological polar surface area (TPSA) is 92.2 Å². The molecule has 100 valence electrons. The predicted molar refractivity (Wildman–Crippen MR) is 67.4 cm³/mol. The molecule has 2 aromatic rings. The van der Waals surface area contributed by atoms with Gasteiger partial charge in [0.25, 0.3) is 5.56 Å². The molecule has 0 radical (unpaired) electrons. The minimum Gasteiger partial charge on any atom is -0.349 e. The third-order valence-corrected chi connectivity index (χ3v) is 3.55. The molecular formula is C12H15N5O2. The lowest BCUT2D eigenvalue weighted by Crippen LogP contribution is -2.29. The Hall–Kier alpha value is -2.18. The van der Waals surface area contributed by atoms with Crippen molar-refractivity contribution in [1.82, 2.24) is 24.9 Å². The molecule has 0 spiro atoms. The van der Waals surface area contributed by atoms with Crippen molar-refractivity contribution in [3.8, 4) is 0 Å². The number of fused-ring (bicyclic) bond motifs is 1. The van der Waals surface area contributed by atoms with Gasteiger partial charge in [-0.05, 0) is 12.8 Å². The minimum atomic E-state index is -0.289. The molecule has 0 bridgehead atoms. The molecule has 1 saturated carbocycles. The fourth-order valence-corrected chi connectivity index (χ4v) is 2.51. The van der Waals surface area contributed by atoms with Gasteiger partial charge in [0.05, 0.1) is 6.54 Å². The van der Waals surface area contributed by atoms with E-state index in [0.29, 0.717) is 12.4 Å². The van der Waals surface area contributed by atoms with E-state index < -0.39 is 0 Å². The van der Waals surface area contributed by atoms with Crippen LogP contribution in [-0.2, 0) is 11.3 Å². The number of amides is 1. The molecule has 7 nitrogen and oxygen atoms in total. The monoisotopic (exact) mass is 261 g/mol. The number of carbonyl (C=O) groups is 1. The number of hydrogen-bond acceptors (Lipinski definition) is 4. The van der Waals surface area contributed by atoms with Crippen LogP contribution in [0.4, 0.5) is 0 Å². The maximum absolute atomic E-state index is 11.9. The van der Waals surface area contributed by atoms with E-state index in [-0.39, 0.29) is 23.0 Å². The quantitative estimate of drug-likeness (QED) is 0.827. The first kappa shape index (κ1) is 11.9. The van der Waals surface area contributed by atoms with E-state index in [2.05, 4.69) is 20.5 Å². The van der Waals surface area contributed by atoms with Crippen molar-refractivity contribution in [2.24, 2.45) is 5.92 Å². The fourth-order valence-electron chi connectivity index (χ4n) is 2.51. The van der Waals surface area contributed by atoms with Crippen molar-refractivity contribution >= 4 is 11.6 Å². The van der Waals surface area contributed by atoms with Crippen LogP contribution in [0.5, 0.6) is 0 Å². The summed E-state index contributed by atoms with van der Waals surface area (Å²) in [5, 5.41) is 10.6. The number of aromatic amines is 1. The number of H-pyrrole nitrogens is 1. The standard InChI is InChI=1S/C12H15N5O2/c18-11(8-3-1-2-4-8)14-7-9-15-16-10-12(19)13-5-6-17(9)10/h5-6,8H,1-4,7H2,(H,13,19)(H,14,18). The average molecular weight is 261 g/mol. The van der Waals surface area contributed by atoms with Gasteiger partial charge in [0.15, 0.2) is 5.82 Å². The van der Waals surface area contributed by atoms with Gasteiger partial charge in [-0.2, -0.15) is 0 Å². The second-order valence-corrected chi connectivity index (χ2v) is 4.80. The third kappa shape index (κ3) is 2.23. The highest BCUT2D eigenvalue weighted by atomic mass is 16.2. The number of rotatable bonds is 3. The smallest absolute Gasteiger partial charge is 0.293 e. The lowest BCUT2D eigenvalue weighted by atomic mass is 10.1. The Morgan fingerprint density at radius 3 is 3.00 bits per heavy atom. The highest BCUT2D eigenvalue weighted by molar-refractivity contribution is 5.78. The first-order valence-corrected chi connectivity index (χ1v) is 6.45. The molecule has 0 aromatic carbocycles. The van der Waals surface area contributed by atoms with Crippen LogP contribution in [0.3, 0.4) is 0 Å². The Morgan fingerprint density at radius 2 is 2.21 bits per heavy atom. The van der Waals surface area contributed by atoms with E-state index in [1.807, 2.05) is 0 Å². The Labute approximate surface area is 109 Å². The lowest BCUT2D eigenvalue weighted by Gasteiger charge is -2.09. The molecule has 2 aromatic heterocycles. The van der Waals surface area contributed by atoms with Crippen LogP contribution in [0, 0.1) is 5.92 Å². The molecule has 0 atom stereocenters. The molecule has 1 aliphatic carbocycles. The van der Waals surface area contributed by atoms with E-state index in [0.717, 1.165) is 25.7 Å². The first-order chi connectivity index (χ1) is 9.25. The lowest BCUT2D eigenvalue weighted by molar-refractivity contribution is -0.125. The zero-order valence-corrected chi connectivity index (χ0v) is 10.4. The largest absolute Gasteiger partial charge is 0.349 e. The van der Waals surface area contributed by atoms with Crippen molar-refractivity contribution in [3.63, 3.8) is 0 Å². The number of aromatic nitrogens is 4. The Bertz CT molecular complexity index is 653. The van der Waals surface area contributed by atoms with Crippen molar-refractivity contribution in [1.29, 1.82) is 0 Å². The molecular weight excluding hydrogens is 246 g/mol. The Kier molecular flexibility index (Phi) is 3.02. The molecule has 2 heterocycles. The van der Waals surface area contributed by atoms with Crippen molar-refractivity contribution in [2.45, 2.75) is 32.2 Å². The van der Waals surface area contributed by atoms with Crippen LogP contribution in [0.25, 0.3) is 5.65 Å². The van der Waals surface area contributed by atoms with Crippen LogP contribution < -0.4 is 10.9 Å². The second-order valence-electron chi connectivity index (χ2n) is 4.80. The third-order valence-electron chi connectivity index (χ3n) is 3.55. The zero-order chi connectivity index (χ0) is 13.2. The van der Waals surface area contributed by atoms with E-state index >= 15 is 0 Å². The summed E-state index contributed by atoms with van der Waals surface area (Å²) in [5.74, 6) is 0.758. The van der Waals surface area contributed by atoms with Crippen LogP contribution in [0.15, 0.2) is 17.2 Å². The predicted octanol–water partition coefficient (Wildman–Crippen LogP) is 0.224. The van der Waals surface area contributed by atoms with Gasteiger partial charge in [-0.1, -0.05) is 12.8 Å². The molecule has 2 N–H and O–H groups in total. The molecule has 19 heavy (non-hydrogen) atoms. The zero-order valence-electron chi connectivity index (χ0n) is 10.4. The summed E-state index contributed by atoms with van der Waals surface area (Å²) >= 11 is 0. The SMILES string of the molecule is O=C(NCc1nnc2c(=O)[nH]ccn12)C1CCCC1. The molecule has 0 aliphatic heterocycles. The van der Waals surface area contributed by atoms with Crippen molar-refractivity contribution < 1.29 is 4.79 Å². The van der Waals surface area contributed by atoms with E-state index in [4.69, 9.17) is 0 Å². The molecule has 1 aliphatic rings. The normalized spacial score (nSPS) is 16.0. The Balaban J connectivity index is 1.73. The van der Waals surface area contributed by atoms with Crippen LogP contribution >= 0.6 is 0 Å². The minimum absolute atomic E-state index is 0.0686. The first-order valence-electron chi connectivity index (χ1n) is 6.45. The Morgan fingerprint density at radius 1 is 1.42 bits per heavy atom. The maximum atomic E-state index is 11.9. The van der Waals surface area contributed by atoms with Crippen molar-refractivity contribution in [3.05, 3.63) is 28.6 Å². The summed E-state index contributed by atoms with van der Waals surface area (Å²) in [6.45, 7) is 0.292. The number of hydrogen-bond donors (Lipinski definition) is 2. The number of carbonyl (C=O) groups excluding carboxylic acids is 1. The van der Waals surface area contributed by atoms with Crippen LogP contribution in [0.2, 0.25) is 0 Å². The van der Waals surface area contributed by atoms with Gasteiger partial charge in [-0.15, -0.1) is 10.2 Å². The fraction of sp³-hybridized carbons (Fsp3) is 0.500. The van der Waals surface area contributed by atoms with Gasteiger partial charge in [-0.25, -0.2) is 0 Å². The van der Waals surface area contributed by atoms with Gasteiger partial charge >= 0.3 is 0 Å². The maximum Gasteiger partial charge on any atom is 0.293 e. The molecule has 1 amide bonds. The van der Waals surface area contributed by atoms with E-state index in [1.54, 1.807) is 10.6 Å². The molecule has 0 saturated heterocycles. The number of nitrogens with zero attached hydrogens (tertiary/aromatic N) is 3. The van der Waals surface area contributed by atoms with Gasteiger partial charge in [0.1, 0.15) is 0 Å². The van der Waals surface area contributed by atoms with Gasteiger partial charge < -0.3 is 10.3 Å². The van der Waals surface area contributed by atoms with Gasteiger partial charge in [0.2, 0.25) is 11.6 Å². The highest BCUT2D eigenvalue weighted by Gasteiger charge is 2.22. The summed E-state index contributed by atoms with van der Waals surface area (Å²) in [6.07, 6.45) is 7.38. The van der Waals surface area contributed by atoms with Crippen molar-refractivity contribution in [2.75, 3.05) is 0 Å². The molecule has 0 unspecified atom stereocenters. The van der Waals surface area contributed by atoms with Gasteiger partial charge in [0, 0.05) is 18.3 Å². The molecule has 3 rings (SSSR count). The summed E-state index contributed by atoms with van der Waals surface area (Å²) in [7, 11) is 0. The summed E-state index contributed by atoms with van der Waals surface area (Å²) in [6, 6.07) is 0. The second kappa shape index (κ2) is 4.83. The van der Waals surface area contributed by atoms with E-state index in [1.165, 1.54) is 6.20 Å². The van der Waals surface area contributed by atoms with Gasteiger partial charge in [-0.3, -0.25) is 14.0 Å². The van der Waals surface area contributed by atoms with E-state index in [9.17, 15) is 9.59 Å². The van der Waals surface area contributed by atoms with Crippen LogP contribution in [-0.4, -0.2) is 25.5 Å². The summed E-state index contributed by atoms with van der Waals surface area (Å²) < 4.78 is 1.59. The average Bonchev–Trinajstić information content (AvgIpc) is 3.06. The molecule has 7 heteroatoms. The number of nitrogens with one attached hydrogen (secondary N) is 2. The summed E-state index contributed by atoms with van der Waals surface area (Å²) in [4.78, 5) is 25.9.